The van der Waals surface area contributed by atoms with Gasteiger partial charge >= 0.3 is 0 Å². The maximum atomic E-state index is 5.97. The Morgan fingerprint density at radius 2 is 2.16 bits per heavy atom. The Bertz CT molecular complexity index is 838. The Balaban J connectivity index is 2.40. The minimum atomic E-state index is 0.611. The molecule has 0 bridgehead atoms. The number of nitrogens with zero attached hydrogens (tertiary/aromatic N) is 2. The first-order valence-corrected chi connectivity index (χ1v) is 7.17. The van der Waals surface area contributed by atoms with Gasteiger partial charge in [0, 0.05) is 15.7 Å². The van der Waals surface area contributed by atoms with E-state index in [-0.39, 0.29) is 0 Å². The lowest BCUT2D eigenvalue weighted by Gasteiger charge is -2.07. The van der Waals surface area contributed by atoms with Gasteiger partial charge in [-0.05, 0) is 64.9 Å². The zero-order valence-electron chi connectivity index (χ0n) is 9.95. The summed E-state index contributed by atoms with van der Waals surface area (Å²) in [5.74, 6) is 0. The van der Waals surface area contributed by atoms with Crippen LogP contribution in [0.4, 0.5) is 0 Å². The van der Waals surface area contributed by atoms with Gasteiger partial charge in [0.05, 0.1) is 11.2 Å². The zero-order chi connectivity index (χ0) is 13.6. The van der Waals surface area contributed by atoms with Gasteiger partial charge in [-0.3, -0.25) is 4.57 Å². The Labute approximate surface area is 128 Å². The predicted molar refractivity (Wildman–Crippen MR) is 83.7 cm³/mol. The molecule has 1 aromatic carbocycles. The number of aromatic amines is 1. The van der Waals surface area contributed by atoms with Crippen molar-refractivity contribution in [3.05, 3.63) is 50.3 Å². The van der Waals surface area contributed by atoms with Gasteiger partial charge < -0.3 is 4.98 Å². The number of imidazole rings is 1. The van der Waals surface area contributed by atoms with Gasteiger partial charge in [0.25, 0.3) is 0 Å². The quantitative estimate of drug-likeness (QED) is 0.636. The molecule has 19 heavy (non-hydrogen) atoms. The summed E-state index contributed by atoms with van der Waals surface area (Å²) < 4.78 is 3.39. The molecule has 0 spiro atoms. The molecule has 0 aliphatic heterocycles. The van der Waals surface area contributed by atoms with Crippen LogP contribution in [-0.2, 0) is 0 Å². The Kier molecular flexibility index (Phi) is 3.20. The third kappa shape index (κ3) is 2.12. The number of halogens is 2. The summed E-state index contributed by atoms with van der Waals surface area (Å²) in [7, 11) is 0. The average Bonchev–Trinajstić information content (AvgIpc) is 2.68. The summed E-state index contributed by atoms with van der Waals surface area (Å²) in [6.45, 7) is 2.02. The second kappa shape index (κ2) is 4.74. The van der Waals surface area contributed by atoms with E-state index >= 15 is 0 Å². The third-order valence-electron chi connectivity index (χ3n) is 2.94. The molecule has 1 N–H and O–H groups in total. The van der Waals surface area contributed by atoms with Crippen molar-refractivity contribution in [2.45, 2.75) is 6.92 Å². The van der Waals surface area contributed by atoms with Crippen LogP contribution in [0.3, 0.4) is 0 Å². The van der Waals surface area contributed by atoms with E-state index in [2.05, 4.69) is 25.9 Å². The van der Waals surface area contributed by atoms with E-state index in [9.17, 15) is 0 Å². The maximum Gasteiger partial charge on any atom is 0.184 e. The molecule has 0 saturated heterocycles. The first kappa shape index (κ1) is 12.8. The monoisotopic (exact) mass is 353 g/mol. The van der Waals surface area contributed by atoms with Gasteiger partial charge in [-0.15, -0.1) is 0 Å². The molecule has 2 heterocycles. The molecule has 0 aliphatic rings. The van der Waals surface area contributed by atoms with Crippen LogP contribution in [0, 0.1) is 11.7 Å². The van der Waals surface area contributed by atoms with Crippen molar-refractivity contribution >= 4 is 50.9 Å². The van der Waals surface area contributed by atoms with Gasteiger partial charge in [-0.2, -0.15) is 0 Å². The molecule has 0 atom stereocenters. The summed E-state index contributed by atoms with van der Waals surface area (Å²) in [5.41, 5.74) is 3.79. The molecule has 3 nitrogen and oxygen atoms in total. The van der Waals surface area contributed by atoms with Crippen LogP contribution in [-0.4, -0.2) is 14.5 Å². The molecule has 2 aromatic heterocycles. The second-order valence-corrected chi connectivity index (χ2v) is 5.87. The van der Waals surface area contributed by atoms with Gasteiger partial charge in [0.15, 0.2) is 10.4 Å². The van der Waals surface area contributed by atoms with E-state index in [0.29, 0.717) is 9.79 Å². The Hall–Kier alpha value is -1.17. The van der Waals surface area contributed by atoms with Crippen LogP contribution in [0.15, 0.2) is 34.9 Å². The van der Waals surface area contributed by atoms with Gasteiger partial charge in [-0.1, -0.05) is 11.6 Å². The van der Waals surface area contributed by atoms with Crippen molar-refractivity contribution in [2.75, 3.05) is 0 Å². The van der Waals surface area contributed by atoms with Crippen molar-refractivity contribution in [1.29, 1.82) is 0 Å². The van der Waals surface area contributed by atoms with Crippen molar-refractivity contribution in [1.82, 2.24) is 14.5 Å². The van der Waals surface area contributed by atoms with E-state index in [1.54, 1.807) is 6.20 Å². The van der Waals surface area contributed by atoms with Gasteiger partial charge in [0.2, 0.25) is 0 Å². The van der Waals surface area contributed by atoms with Gasteiger partial charge in [0.1, 0.15) is 0 Å². The highest BCUT2D eigenvalue weighted by Crippen LogP contribution is 2.28. The highest BCUT2D eigenvalue weighted by molar-refractivity contribution is 9.10. The maximum absolute atomic E-state index is 5.97. The summed E-state index contributed by atoms with van der Waals surface area (Å²) in [6, 6.07) is 7.54. The van der Waals surface area contributed by atoms with Crippen LogP contribution in [0.5, 0.6) is 0 Å². The number of benzene rings is 1. The summed E-state index contributed by atoms with van der Waals surface area (Å²) >= 11 is 14.9. The minimum absolute atomic E-state index is 0.611. The first-order valence-electron chi connectivity index (χ1n) is 5.59. The number of aromatic nitrogens is 3. The molecule has 96 valence electrons. The van der Waals surface area contributed by atoms with Crippen LogP contribution < -0.4 is 0 Å². The fourth-order valence-corrected chi connectivity index (χ4v) is 3.16. The lowest BCUT2D eigenvalue weighted by molar-refractivity contribution is 1.04. The van der Waals surface area contributed by atoms with Crippen molar-refractivity contribution in [3.63, 3.8) is 0 Å². The smallest absolute Gasteiger partial charge is 0.184 e. The average molecular weight is 355 g/mol. The SMILES string of the molecule is Cc1ccnc2c1[nH]c(=S)n2-c1ccc(Cl)cc1Br. The summed E-state index contributed by atoms with van der Waals surface area (Å²) in [5, 5.41) is 0.672. The Morgan fingerprint density at radius 1 is 1.37 bits per heavy atom. The number of H-pyrrole nitrogens is 1. The van der Waals surface area contributed by atoms with Gasteiger partial charge in [-0.25, -0.2) is 4.98 Å². The molecule has 0 radical (unpaired) electrons. The molecule has 3 rings (SSSR count). The predicted octanol–water partition coefficient (Wildman–Crippen LogP) is 4.81. The number of nitrogens with one attached hydrogen (secondary N) is 1. The number of fused-ring (bicyclic) bond motifs is 1. The molecule has 0 fully saturated rings. The molecule has 0 saturated carbocycles. The molecule has 6 heteroatoms. The zero-order valence-corrected chi connectivity index (χ0v) is 13.1. The summed E-state index contributed by atoms with van der Waals surface area (Å²) in [4.78, 5) is 7.61. The minimum Gasteiger partial charge on any atom is -0.329 e. The van der Waals surface area contributed by atoms with E-state index in [0.717, 1.165) is 26.9 Å². The number of hydrogen-bond donors (Lipinski definition) is 1. The molecular formula is C13H9BrClN3S. The van der Waals surface area contributed by atoms with Crippen molar-refractivity contribution in [3.8, 4) is 5.69 Å². The fraction of sp³-hybridized carbons (Fsp3) is 0.0769. The van der Waals surface area contributed by atoms with Crippen molar-refractivity contribution < 1.29 is 0 Å². The first-order chi connectivity index (χ1) is 9.08. The van der Waals surface area contributed by atoms with Crippen LogP contribution >= 0.6 is 39.7 Å². The second-order valence-electron chi connectivity index (χ2n) is 4.19. The molecule has 0 unspecified atom stereocenters. The molecule has 0 amide bonds. The largest absolute Gasteiger partial charge is 0.329 e. The highest BCUT2D eigenvalue weighted by atomic mass is 79.9. The van der Waals surface area contributed by atoms with Crippen LogP contribution in [0.25, 0.3) is 16.9 Å². The Morgan fingerprint density at radius 3 is 2.89 bits per heavy atom. The van der Waals surface area contributed by atoms with E-state index in [1.807, 2.05) is 35.8 Å². The summed E-state index contributed by atoms with van der Waals surface area (Å²) in [6.07, 6.45) is 1.78. The third-order valence-corrected chi connectivity index (χ3v) is 4.09. The fourth-order valence-electron chi connectivity index (χ4n) is 2.01. The van der Waals surface area contributed by atoms with Crippen LogP contribution in [0.1, 0.15) is 5.56 Å². The van der Waals surface area contributed by atoms with E-state index in [4.69, 9.17) is 23.8 Å². The molecule has 0 aliphatic carbocycles. The normalized spacial score (nSPS) is 11.1. The number of rotatable bonds is 1. The number of aryl methyl sites for hydroxylation is 1. The number of hydrogen-bond acceptors (Lipinski definition) is 2. The molecule has 3 aromatic rings. The lowest BCUT2D eigenvalue weighted by atomic mass is 10.2. The number of pyridine rings is 1. The topological polar surface area (TPSA) is 33.6 Å². The standard InChI is InChI=1S/C13H9BrClN3S/c1-7-4-5-16-12-11(7)17-13(19)18(12)10-3-2-8(15)6-9(10)14/h2-6H,1H3,(H,17,19). The molecular weight excluding hydrogens is 346 g/mol. The van der Waals surface area contributed by atoms with E-state index < -0.39 is 0 Å². The lowest BCUT2D eigenvalue weighted by Crippen LogP contribution is -1.96. The highest BCUT2D eigenvalue weighted by Gasteiger charge is 2.11. The van der Waals surface area contributed by atoms with E-state index in [1.165, 1.54) is 0 Å². The van der Waals surface area contributed by atoms with Crippen molar-refractivity contribution in [2.24, 2.45) is 0 Å². The van der Waals surface area contributed by atoms with Crippen LogP contribution in [0.2, 0.25) is 5.02 Å².